The van der Waals surface area contributed by atoms with Crippen LogP contribution in [0.3, 0.4) is 0 Å². The molecule has 0 radical (unpaired) electrons. The van der Waals surface area contributed by atoms with E-state index < -0.39 is 0 Å². The molecule has 3 aromatic carbocycles. The SMILES string of the molecule is Clc1ccc(C(Br)c2cccc3ccccc23)c(Br)c1. The molecule has 0 aliphatic rings. The molecule has 100 valence electrons. The first-order valence-electron chi connectivity index (χ1n) is 6.23. The number of hydrogen-bond acceptors (Lipinski definition) is 0. The van der Waals surface area contributed by atoms with E-state index in [2.05, 4.69) is 74.3 Å². The highest BCUT2D eigenvalue weighted by Gasteiger charge is 2.15. The van der Waals surface area contributed by atoms with Gasteiger partial charge in [-0.1, -0.05) is 92.0 Å². The summed E-state index contributed by atoms with van der Waals surface area (Å²) in [6.45, 7) is 0. The lowest BCUT2D eigenvalue weighted by molar-refractivity contribution is 1.18. The van der Waals surface area contributed by atoms with Crippen LogP contribution in [0.25, 0.3) is 10.8 Å². The second-order valence-corrected chi connectivity index (χ2v) is 6.80. The lowest BCUT2D eigenvalue weighted by atomic mass is 9.98. The third kappa shape index (κ3) is 2.65. The van der Waals surface area contributed by atoms with E-state index in [0.717, 1.165) is 9.50 Å². The fourth-order valence-corrected chi connectivity index (χ4v) is 4.36. The molecule has 1 atom stereocenters. The molecule has 0 spiro atoms. The molecule has 3 rings (SSSR count). The Morgan fingerprint density at radius 2 is 1.60 bits per heavy atom. The van der Waals surface area contributed by atoms with Crippen LogP contribution in [-0.2, 0) is 0 Å². The topological polar surface area (TPSA) is 0 Å². The standard InChI is InChI=1S/C17H11Br2Cl/c18-16-10-12(20)8-9-15(16)17(19)14-7-3-5-11-4-1-2-6-13(11)14/h1-10,17H. The Morgan fingerprint density at radius 1 is 0.850 bits per heavy atom. The molecule has 0 N–H and O–H groups in total. The van der Waals surface area contributed by atoms with Gasteiger partial charge in [0, 0.05) is 9.50 Å². The first-order chi connectivity index (χ1) is 9.66. The van der Waals surface area contributed by atoms with E-state index in [1.165, 1.54) is 21.9 Å². The van der Waals surface area contributed by atoms with Crippen molar-refractivity contribution < 1.29 is 0 Å². The van der Waals surface area contributed by atoms with Gasteiger partial charge in [-0.15, -0.1) is 0 Å². The molecule has 0 aliphatic heterocycles. The van der Waals surface area contributed by atoms with Gasteiger partial charge in [-0.3, -0.25) is 0 Å². The molecule has 1 unspecified atom stereocenters. The van der Waals surface area contributed by atoms with Gasteiger partial charge in [0.15, 0.2) is 0 Å². The average Bonchev–Trinajstić information content (AvgIpc) is 2.46. The molecular formula is C17H11Br2Cl. The highest BCUT2D eigenvalue weighted by molar-refractivity contribution is 9.11. The van der Waals surface area contributed by atoms with Crippen molar-refractivity contribution in [2.24, 2.45) is 0 Å². The third-order valence-corrected chi connectivity index (χ3v) is 5.24. The van der Waals surface area contributed by atoms with Crippen molar-refractivity contribution in [3.8, 4) is 0 Å². The summed E-state index contributed by atoms with van der Waals surface area (Å²) in [5.41, 5.74) is 2.43. The van der Waals surface area contributed by atoms with Crippen molar-refractivity contribution in [2.75, 3.05) is 0 Å². The van der Waals surface area contributed by atoms with Crippen molar-refractivity contribution in [1.29, 1.82) is 0 Å². The first-order valence-corrected chi connectivity index (χ1v) is 8.32. The molecule has 0 aromatic heterocycles. The van der Waals surface area contributed by atoms with E-state index in [4.69, 9.17) is 11.6 Å². The molecule has 20 heavy (non-hydrogen) atoms. The number of fused-ring (bicyclic) bond motifs is 1. The van der Waals surface area contributed by atoms with Gasteiger partial charge in [0.1, 0.15) is 0 Å². The molecule has 0 heterocycles. The van der Waals surface area contributed by atoms with Crippen LogP contribution in [0.1, 0.15) is 16.0 Å². The number of rotatable bonds is 2. The van der Waals surface area contributed by atoms with Gasteiger partial charge in [0.2, 0.25) is 0 Å². The Balaban J connectivity index is 2.15. The molecule has 3 heteroatoms. The van der Waals surface area contributed by atoms with Crippen molar-refractivity contribution >= 4 is 54.2 Å². The van der Waals surface area contributed by atoms with Crippen molar-refractivity contribution in [2.45, 2.75) is 4.83 Å². The van der Waals surface area contributed by atoms with Crippen LogP contribution < -0.4 is 0 Å². The summed E-state index contributed by atoms with van der Waals surface area (Å²) in [6, 6.07) is 20.7. The monoisotopic (exact) mass is 408 g/mol. The smallest absolute Gasteiger partial charge is 0.0661 e. The van der Waals surface area contributed by atoms with Gasteiger partial charge < -0.3 is 0 Å². The Bertz CT molecular complexity index is 763. The van der Waals surface area contributed by atoms with Gasteiger partial charge in [0.25, 0.3) is 0 Å². The average molecular weight is 411 g/mol. The van der Waals surface area contributed by atoms with Gasteiger partial charge in [-0.2, -0.15) is 0 Å². The molecule has 0 fully saturated rings. The third-order valence-electron chi connectivity index (χ3n) is 3.33. The molecule has 0 amide bonds. The van der Waals surface area contributed by atoms with Gasteiger partial charge in [-0.25, -0.2) is 0 Å². The minimum absolute atomic E-state index is 0.125. The zero-order valence-electron chi connectivity index (χ0n) is 10.5. The van der Waals surface area contributed by atoms with Crippen LogP contribution in [0, 0.1) is 0 Å². The summed E-state index contributed by atoms with van der Waals surface area (Å²) in [4.78, 5) is 0.125. The molecule has 0 nitrogen and oxygen atoms in total. The minimum atomic E-state index is 0.125. The minimum Gasteiger partial charge on any atom is -0.0843 e. The summed E-state index contributed by atoms with van der Waals surface area (Å²) < 4.78 is 1.01. The predicted octanol–water partition coefficient (Wildman–Crippen LogP) is 6.74. The Morgan fingerprint density at radius 3 is 2.40 bits per heavy atom. The second kappa shape index (κ2) is 5.88. The van der Waals surface area contributed by atoms with E-state index in [-0.39, 0.29) is 4.83 Å². The first kappa shape index (κ1) is 14.1. The number of alkyl halides is 1. The quantitative estimate of drug-likeness (QED) is 0.410. The maximum absolute atomic E-state index is 6.02. The largest absolute Gasteiger partial charge is 0.0843 e. The van der Waals surface area contributed by atoms with Crippen molar-refractivity contribution in [1.82, 2.24) is 0 Å². The molecular weight excluding hydrogens is 399 g/mol. The lowest BCUT2D eigenvalue weighted by Gasteiger charge is -2.15. The van der Waals surface area contributed by atoms with E-state index in [9.17, 15) is 0 Å². The zero-order valence-corrected chi connectivity index (χ0v) is 14.4. The summed E-state index contributed by atoms with van der Waals surface area (Å²) in [5, 5.41) is 3.25. The van der Waals surface area contributed by atoms with Crippen molar-refractivity contribution in [3.05, 3.63) is 81.3 Å². The van der Waals surface area contributed by atoms with Crippen LogP contribution in [-0.4, -0.2) is 0 Å². The van der Waals surface area contributed by atoms with Gasteiger partial charge >= 0.3 is 0 Å². The zero-order chi connectivity index (χ0) is 14.1. The Labute approximate surface area is 140 Å². The maximum atomic E-state index is 6.02. The number of benzene rings is 3. The Kier molecular flexibility index (Phi) is 4.16. The fourth-order valence-electron chi connectivity index (χ4n) is 2.35. The summed E-state index contributed by atoms with van der Waals surface area (Å²) in [5.74, 6) is 0. The van der Waals surface area contributed by atoms with E-state index in [1.807, 2.05) is 18.2 Å². The molecule has 0 saturated carbocycles. The predicted molar refractivity (Wildman–Crippen MR) is 93.9 cm³/mol. The molecule has 0 aliphatic carbocycles. The highest BCUT2D eigenvalue weighted by atomic mass is 79.9. The molecule has 0 bridgehead atoms. The van der Waals surface area contributed by atoms with E-state index in [1.54, 1.807) is 0 Å². The molecule has 0 saturated heterocycles. The van der Waals surface area contributed by atoms with Crippen LogP contribution in [0.5, 0.6) is 0 Å². The molecule has 3 aromatic rings. The highest BCUT2D eigenvalue weighted by Crippen LogP contribution is 2.39. The maximum Gasteiger partial charge on any atom is 0.0661 e. The van der Waals surface area contributed by atoms with Crippen molar-refractivity contribution in [3.63, 3.8) is 0 Å². The number of hydrogen-bond donors (Lipinski definition) is 0. The summed E-state index contributed by atoms with van der Waals surface area (Å²) >= 11 is 13.4. The fraction of sp³-hybridized carbons (Fsp3) is 0.0588. The lowest BCUT2D eigenvalue weighted by Crippen LogP contribution is -1.95. The normalized spacial score (nSPS) is 12.6. The summed E-state index contributed by atoms with van der Waals surface area (Å²) in [7, 11) is 0. The number of halogens is 3. The van der Waals surface area contributed by atoms with Gasteiger partial charge in [0.05, 0.1) is 4.83 Å². The van der Waals surface area contributed by atoms with E-state index in [0.29, 0.717) is 0 Å². The Hall–Kier alpha value is -0.830. The van der Waals surface area contributed by atoms with Crippen LogP contribution in [0.15, 0.2) is 65.1 Å². The van der Waals surface area contributed by atoms with Crippen LogP contribution in [0.2, 0.25) is 5.02 Å². The van der Waals surface area contributed by atoms with Crippen LogP contribution >= 0.6 is 43.5 Å². The van der Waals surface area contributed by atoms with Gasteiger partial charge in [-0.05, 0) is 34.0 Å². The van der Waals surface area contributed by atoms with Crippen LogP contribution in [0.4, 0.5) is 0 Å². The summed E-state index contributed by atoms with van der Waals surface area (Å²) in [6.07, 6.45) is 0. The van der Waals surface area contributed by atoms with E-state index >= 15 is 0 Å². The second-order valence-electron chi connectivity index (χ2n) is 4.60.